The van der Waals surface area contributed by atoms with Crippen molar-refractivity contribution >= 4 is 16.0 Å². The van der Waals surface area contributed by atoms with Crippen molar-refractivity contribution in [2.24, 2.45) is 0 Å². The summed E-state index contributed by atoms with van der Waals surface area (Å²) >= 11 is 0. The zero-order valence-corrected chi connectivity index (χ0v) is 9.41. The lowest BCUT2D eigenvalue weighted by molar-refractivity contribution is -0.147. The zero-order valence-electron chi connectivity index (χ0n) is 8.60. The fourth-order valence-electron chi connectivity index (χ4n) is 0.739. The number of carboxylic acid groups (broad SMARTS) is 1. The summed E-state index contributed by atoms with van der Waals surface area (Å²) in [5.74, 6) is -1.42. The van der Waals surface area contributed by atoms with Crippen LogP contribution < -0.4 is 4.72 Å². The molecular formula is C7H15NO6S. The van der Waals surface area contributed by atoms with Crippen molar-refractivity contribution in [3.63, 3.8) is 0 Å². The summed E-state index contributed by atoms with van der Waals surface area (Å²) in [7, 11) is -0.924. The Kier molecular flexibility index (Phi) is 6.41. The highest BCUT2D eigenvalue weighted by molar-refractivity contribution is 7.89. The third kappa shape index (κ3) is 6.39. The van der Waals surface area contributed by atoms with E-state index in [1.54, 1.807) is 0 Å². The van der Waals surface area contributed by atoms with Crippen molar-refractivity contribution in [1.82, 2.24) is 4.72 Å². The highest BCUT2D eigenvalue weighted by Crippen LogP contribution is 1.91. The first-order chi connectivity index (χ1) is 6.93. The standard InChI is InChI=1S/C7H15NO6S/c1-13-3-4-15(11,12)8-5-6(14-2)7(9)10/h6,8H,3-5H2,1-2H3,(H,9,10). The van der Waals surface area contributed by atoms with Crippen LogP contribution in [0.25, 0.3) is 0 Å². The van der Waals surface area contributed by atoms with Crippen LogP contribution in [-0.2, 0) is 24.3 Å². The molecule has 8 heteroatoms. The topological polar surface area (TPSA) is 102 Å². The molecule has 1 atom stereocenters. The largest absolute Gasteiger partial charge is 0.479 e. The van der Waals surface area contributed by atoms with Crippen molar-refractivity contribution in [2.45, 2.75) is 6.10 Å². The van der Waals surface area contributed by atoms with E-state index < -0.39 is 22.1 Å². The normalized spacial score (nSPS) is 13.7. The average Bonchev–Trinajstić information content (AvgIpc) is 2.15. The lowest BCUT2D eigenvalue weighted by Crippen LogP contribution is -2.39. The van der Waals surface area contributed by atoms with Gasteiger partial charge in [0.25, 0.3) is 0 Å². The molecule has 7 nitrogen and oxygen atoms in total. The smallest absolute Gasteiger partial charge is 0.334 e. The van der Waals surface area contributed by atoms with Gasteiger partial charge >= 0.3 is 5.97 Å². The van der Waals surface area contributed by atoms with Crippen LogP contribution >= 0.6 is 0 Å². The molecule has 0 aromatic heterocycles. The van der Waals surface area contributed by atoms with Gasteiger partial charge in [-0.15, -0.1) is 0 Å². The molecule has 0 saturated heterocycles. The third-order valence-electron chi connectivity index (χ3n) is 1.60. The highest BCUT2D eigenvalue weighted by atomic mass is 32.2. The van der Waals surface area contributed by atoms with Crippen molar-refractivity contribution < 1.29 is 27.8 Å². The monoisotopic (exact) mass is 241 g/mol. The molecule has 0 rings (SSSR count). The van der Waals surface area contributed by atoms with Crippen molar-refractivity contribution in [1.29, 1.82) is 0 Å². The molecule has 0 amide bonds. The molecule has 15 heavy (non-hydrogen) atoms. The number of methoxy groups -OCH3 is 2. The Balaban J connectivity index is 4.07. The van der Waals surface area contributed by atoms with E-state index in [0.29, 0.717) is 0 Å². The fourth-order valence-corrected chi connectivity index (χ4v) is 1.68. The number of carboxylic acids is 1. The van der Waals surface area contributed by atoms with Crippen LogP contribution in [0.5, 0.6) is 0 Å². The number of sulfonamides is 1. The number of hydrogen-bond acceptors (Lipinski definition) is 5. The van der Waals surface area contributed by atoms with Crippen LogP contribution in [0.1, 0.15) is 0 Å². The highest BCUT2D eigenvalue weighted by Gasteiger charge is 2.19. The Morgan fingerprint density at radius 3 is 2.47 bits per heavy atom. The molecule has 0 aliphatic heterocycles. The first-order valence-electron chi connectivity index (χ1n) is 4.15. The van der Waals surface area contributed by atoms with Crippen LogP contribution in [0.3, 0.4) is 0 Å². The molecule has 0 radical (unpaired) electrons. The Morgan fingerprint density at radius 1 is 1.47 bits per heavy atom. The Hall–Kier alpha value is -0.700. The summed E-state index contributed by atoms with van der Waals surface area (Å²) < 4.78 is 33.6. The first kappa shape index (κ1) is 14.3. The minimum absolute atomic E-state index is 0.0556. The summed E-state index contributed by atoms with van der Waals surface area (Å²) in [6.07, 6.45) is -1.18. The second-order valence-corrected chi connectivity index (χ2v) is 4.65. The quantitative estimate of drug-likeness (QED) is 0.545. The first-order valence-corrected chi connectivity index (χ1v) is 5.80. The van der Waals surface area contributed by atoms with Gasteiger partial charge in [0.2, 0.25) is 10.0 Å². The predicted octanol–water partition coefficient (Wildman–Crippen LogP) is -1.35. The van der Waals surface area contributed by atoms with E-state index in [1.807, 2.05) is 0 Å². The van der Waals surface area contributed by atoms with E-state index in [9.17, 15) is 13.2 Å². The number of rotatable bonds is 8. The third-order valence-corrected chi connectivity index (χ3v) is 2.92. The molecule has 0 aliphatic carbocycles. The van der Waals surface area contributed by atoms with Gasteiger partial charge in [0.1, 0.15) is 0 Å². The minimum Gasteiger partial charge on any atom is -0.479 e. The summed E-state index contributed by atoms with van der Waals surface area (Å²) in [5, 5.41) is 8.56. The summed E-state index contributed by atoms with van der Waals surface area (Å²) in [4.78, 5) is 10.5. The second kappa shape index (κ2) is 6.72. The van der Waals surface area contributed by atoms with Crippen molar-refractivity contribution in [3.05, 3.63) is 0 Å². The molecular weight excluding hydrogens is 226 g/mol. The molecule has 90 valence electrons. The van der Waals surface area contributed by atoms with Crippen LogP contribution in [0.2, 0.25) is 0 Å². The van der Waals surface area contributed by atoms with Gasteiger partial charge in [0.05, 0.1) is 12.4 Å². The molecule has 0 aromatic rings. The number of carbonyl (C=O) groups is 1. The SMILES string of the molecule is COCCS(=O)(=O)NCC(OC)C(=O)O. The van der Waals surface area contributed by atoms with Gasteiger partial charge in [0.15, 0.2) is 6.10 Å². The molecule has 0 aliphatic rings. The number of nitrogens with one attached hydrogen (secondary N) is 1. The minimum atomic E-state index is -3.50. The maximum atomic E-state index is 11.2. The number of hydrogen-bond donors (Lipinski definition) is 2. The molecule has 0 bridgehead atoms. The molecule has 0 aromatic carbocycles. The van der Waals surface area contributed by atoms with Crippen molar-refractivity contribution in [3.8, 4) is 0 Å². The Labute approximate surface area is 88.4 Å². The fraction of sp³-hybridized carbons (Fsp3) is 0.857. The Bertz CT molecular complexity index is 288. The lowest BCUT2D eigenvalue weighted by Gasteiger charge is -2.11. The summed E-state index contributed by atoms with van der Waals surface area (Å²) in [6.45, 7) is -0.238. The number of ether oxygens (including phenoxy) is 2. The van der Waals surface area contributed by atoms with Gasteiger partial charge < -0.3 is 14.6 Å². The van der Waals surface area contributed by atoms with Gasteiger partial charge in [-0.05, 0) is 0 Å². The summed E-state index contributed by atoms with van der Waals surface area (Å²) in [5.41, 5.74) is 0. The molecule has 0 fully saturated rings. The van der Waals surface area contributed by atoms with E-state index in [1.165, 1.54) is 14.2 Å². The lowest BCUT2D eigenvalue weighted by atomic mass is 10.4. The maximum absolute atomic E-state index is 11.2. The van der Waals surface area contributed by atoms with Crippen LogP contribution in [0.15, 0.2) is 0 Å². The molecule has 0 heterocycles. The van der Waals surface area contributed by atoms with E-state index in [0.717, 1.165) is 0 Å². The summed E-state index contributed by atoms with van der Waals surface area (Å²) in [6, 6.07) is 0. The van der Waals surface area contributed by atoms with E-state index in [2.05, 4.69) is 14.2 Å². The molecule has 0 saturated carbocycles. The van der Waals surface area contributed by atoms with Gasteiger partial charge in [-0.2, -0.15) is 0 Å². The maximum Gasteiger partial charge on any atom is 0.334 e. The second-order valence-electron chi connectivity index (χ2n) is 2.72. The number of aliphatic carboxylic acids is 1. The average molecular weight is 241 g/mol. The Morgan fingerprint density at radius 2 is 2.07 bits per heavy atom. The van der Waals surface area contributed by atoms with Gasteiger partial charge in [0, 0.05) is 20.8 Å². The van der Waals surface area contributed by atoms with E-state index in [-0.39, 0.29) is 18.9 Å². The molecule has 2 N–H and O–H groups in total. The molecule has 0 spiro atoms. The van der Waals surface area contributed by atoms with E-state index in [4.69, 9.17) is 5.11 Å². The van der Waals surface area contributed by atoms with Gasteiger partial charge in [-0.3, -0.25) is 0 Å². The van der Waals surface area contributed by atoms with Crippen LogP contribution in [0, 0.1) is 0 Å². The van der Waals surface area contributed by atoms with Gasteiger partial charge in [-0.25, -0.2) is 17.9 Å². The van der Waals surface area contributed by atoms with Crippen LogP contribution in [-0.4, -0.2) is 58.7 Å². The predicted molar refractivity (Wildman–Crippen MR) is 52.1 cm³/mol. The van der Waals surface area contributed by atoms with Crippen molar-refractivity contribution in [2.75, 3.05) is 33.1 Å². The van der Waals surface area contributed by atoms with E-state index >= 15 is 0 Å². The van der Waals surface area contributed by atoms with Gasteiger partial charge in [-0.1, -0.05) is 0 Å². The van der Waals surface area contributed by atoms with Crippen LogP contribution in [0.4, 0.5) is 0 Å². The zero-order chi connectivity index (χ0) is 11.9. The molecule has 1 unspecified atom stereocenters.